The molecule has 0 aliphatic carbocycles. The quantitative estimate of drug-likeness (QED) is 0.701. The molecule has 4 heteroatoms. The van der Waals surface area contributed by atoms with E-state index in [1.54, 1.807) is 12.4 Å². The van der Waals surface area contributed by atoms with Crippen LogP contribution in [-0.4, -0.2) is 9.97 Å². The molecule has 3 nitrogen and oxygen atoms in total. The van der Waals surface area contributed by atoms with Crippen LogP contribution in [0.3, 0.4) is 0 Å². The summed E-state index contributed by atoms with van der Waals surface area (Å²) in [5, 5.41) is 0.588. The summed E-state index contributed by atoms with van der Waals surface area (Å²) >= 11 is 6.02. The van der Waals surface area contributed by atoms with Crippen LogP contribution in [0.2, 0.25) is 5.02 Å². The lowest BCUT2D eigenvalue weighted by molar-refractivity contribution is 0.572. The van der Waals surface area contributed by atoms with Gasteiger partial charge in [0.2, 0.25) is 5.89 Å². The molecule has 0 fully saturated rings. The Morgan fingerprint density at radius 1 is 1.31 bits per heavy atom. The molecule has 0 unspecified atom stereocenters. The number of rotatable bonds is 1. The maximum absolute atomic E-state index is 6.02. The second kappa shape index (κ2) is 3.18. The van der Waals surface area contributed by atoms with Gasteiger partial charge in [0, 0.05) is 6.20 Å². The Labute approximate surface area is 80.4 Å². The summed E-state index contributed by atoms with van der Waals surface area (Å²) < 4.78 is 5.10. The average Bonchev–Trinajstić information content (AvgIpc) is 2.62. The van der Waals surface area contributed by atoms with Crippen LogP contribution in [0, 0.1) is 6.92 Å². The van der Waals surface area contributed by atoms with Crippen molar-refractivity contribution in [1.29, 1.82) is 0 Å². The van der Waals surface area contributed by atoms with Gasteiger partial charge in [-0.15, -0.1) is 0 Å². The standard InChI is InChI=1S/C9H7ClN2O/c1-6-2-3-11-8(7(6)10)9-12-4-5-13-9/h2-5H,1H3. The molecule has 2 heterocycles. The van der Waals surface area contributed by atoms with Gasteiger partial charge in [0.05, 0.1) is 11.2 Å². The zero-order chi connectivity index (χ0) is 9.26. The van der Waals surface area contributed by atoms with Crippen molar-refractivity contribution in [2.45, 2.75) is 6.92 Å². The second-order valence-corrected chi connectivity index (χ2v) is 3.01. The molecule has 0 aromatic carbocycles. The Balaban J connectivity index is 2.59. The third-order valence-corrected chi connectivity index (χ3v) is 2.19. The van der Waals surface area contributed by atoms with E-state index in [1.807, 2.05) is 13.0 Å². The number of hydrogen-bond donors (Lipinski definition) is 0. The maximum atomic E-state index is 6.02. The van der Waals surface area contributed by atoms with Crippen LogP contribution >= 0.6 is 11.6 Å². The number of halogens is 1. The number of oxazole rings is 1. The number of aromatic nitrogens is 2. The molecular formula is C9H7ClN2O. The van der Waals surface area contributed by atoms with Crippen molar-refractivity contribution >= 4 is 11.6 Å². The highest BCUT2D eigenvalue weighted by atomic mass is 35.5. The molecule has 2 aromatic heterocycles. The van der Waals surface area contributed by atoms with Gasteiger partial charge >= 0.3 is 0 Å². The first kappa shape index (κ1) is 8.26. The fourth-order valence-corrected chi connectivity index (χ4v) is 1.22. The Morgan fingerprint density at radius 2 is 2.15 bits per heavy atom. The van der Waals surface area contributed by atoms with Gasteiger partial charge in [0.1, 0.15) is 12.0 Å². The van der Waals surface area contributed by atoms with E-state index in [1.165, 1.54) is 6.26 Å². The van der Waals surface area contributed by atoms with E-state index < -0.39 is 0 Å². The summed E-state index contributed by atoms with van der Waals surface area (Å²) in [5.74, 6) is 0.453. The van der Waals surface area contributed by atoms with Gasteiger partial charge in [-0.05, 0) is 18.6 Å². The van der Waals surface area contributed by atoms with Crippen molar-refractivity contribution < 1.29 is 4.42 Å². The van der Waals surface area contributed by atoms with Gasteiger partial charge in [-0.25, -0.2) is 9.97 Å². The first-order valence-electron chi connectivity index (χ1n) is 3.80. The molecule has 0 aliphatic rings. The Hall–Kier alpha value is -1.35. The molecule has 0 aliphatic heterocycles. The molecule has 0 radical (unpaired) electrons. The first-order valence-corrected chi connectivity index (χ1v) is 4.18. The fraction of sp³-hybridized carbons (Fsp3) is 0.111. The molecule has 2 aromatic rings. The molecule has 0 saturated heterocycles. The van der Waals surface area contributed by atoms with E-state index in [4.69, 9.17) is 16.0 Å². The van der Waals surface area contributed by atoms with E-state index in [-0.39, 0.29) is 0 Å². The molecular weight excluding hydrogens is 188 g/mol. The average molecular weight is 195 g/mol. The van der Waals surface area contributed by atoms with Gasteiger partial charge in [0.25, 0.3) is 0 Å². The predicted octanol–water partition coefficient (Wildman–Crippen LogP) is 2.70. The number of pyridine rings is 1. The predicted molar refractivity (Wildman–Crippen MR) is 49.5 cm³/mol. The van der Waals surface area contributed by atoms with Gasteiger partial charge < -0.3 is 4.42 Å². The molecule has 0 amide bonds. The molecule has 0 atom stereocenters. The van der Waals surface area contributed by atoms with E-state index in [9.17, 15) is 0 Å². The van der Waals surface area contributed by atoms with E-state index in [0.717, 1.165) is 5.56 Å². The van der Waals surface area contributed by atoms with E-state index >= 15 is 0 Å². The molecule has 0 spiro atoms. The molecule has 0 N–H and O–H groups in total. The van der Waals surface area contributed by atoms with Crippen molar-refractivity contribution in [3.8, 4) is 11.6 Å². The van der Waals surface area contributed by atoms with Gasteiger partial charge in [-0.2, -0.15) is 0 Å². The SMILES string of the molecule is Cc1ccnc(-c2ncco2)c1Cl. The van der Waals surface area contributed by atoms with Crippen LogP contribution in [0.5, 0.6) is 0 Å². The summed E-state index contributed by atoms with van der Waals surface area (Å²) in [4.78, 5) is 8.07. The van der Waals surface area contributed by atoms with Gasteiger partial charge in [0.15, 0.2) is 0 Å². The van der Waals surface area contributed by atoms with Crippen molar-refractivity contribution in [1.82, 2.24) is 9.97 Å². The molecule has 13 heavy (non-hydrogen) atoms. The summed E-state index contributed by atoms with van der Waals surface area (Å²) in [6, 6.07) is 1.84. The molecule has 2 rings (SSSR count). The minimum absolute atomic E-state index is 0.453. The zero-order valence-electron chi connectivity index (χ0n) is 6.99. The lowest BCUT2D eigenvalue weighted by Gasteiger charge is -2.00. The van der Waals surface area contributed by atoms with Crippen LogP contribution in [0.25, 0.3) is 11.6 Å². The minimum atomic E-state index is 0.453. The van der Waals surface area contributed by atoms with E-state index in [0.29, 0.717) is 16.6 Å². The number of hydrogen-bond acceptors (Lipinski definition) is 3. The highest BCUT2D eigenvalue weighted by Gasteiger charge is 2.10. The van der Waals surface area contributed by atoms with Crippen molar-refractivity contribution in [3.63, 3.8) is 0 Å². The highest BCUT2D eigenvalue weighted by molar-refractivity contribution is 6.33. The topological polar surface area (TPSA) is 38.9 Å². The summed E-state index contributed by atoms with van der Waals surface area (Å²) in [7, 11) is 0. The smallest absolute Gasteiger partial charge is 0.246 e. The monoisotopic (exact) mass is 194 g/mol. The third kappa shape index (κ3) is 1.42. The minimum Gasteiger partial charge on any atom is -0.443 e. The van der Waals surface area contributed by atoms with E-state index in [2.05, 4.69) is 9.97 Å². The summed E-state index contributed by atoms with van der Waals surface area (Å²) in [5.41, 5.74) is 1.55. The summed E-state index contributed by atoms with van der Waals surface area (Å²) in [6.07, 6.45) is 4.74. The van der Waals surface area contributed by atoms with Crippen molar-refractivity contribution in [2.24, 2.45) is 0 Å². The Morgan fingerprint density at radius 3 is 2.85 bits per heavy atom. The Bertz CT molecular complexity index is 412. The maximum Gasteiger partial charge on any atom is 0.246 e. The van der Waals surface area contributed by atoms with Crippen molar-refractivity contribution in [3.05, 3.63) is 35.3 Å². The zero-order valence-corrected chi connectivity index (χ0v) is 7.75. The first-order chi connectivity index (χ1) is 6.29. The van der Waals surface area contributed by atoms with Gasteiger partial charge in [-0.1, -0.05) is 11.6 Å². The van der Waals surface area contributed by atoms with Crippen LogP contribution in [-0.2, 0) is 0 Å². The molecule has 0 saturated carbocycles. The van der Waals surface area contributed by atoms with Crippen LogP contribution in [0.1, 0.15) is 5.56 Å². The number of aryl methyl sites for hydroxylation is 1. The molecule has 66 valence electrons. The van der Waals surface area contributed by atoms with Crippen molar-refractivity contribution in [2.75, 3.05) is 0 Å². The summed E-state index contributed by atoms with van der Waals surface area (Å²) in [6.45, 7) is 1.91. The van der Waals surface area contributed by atoms with Crippen LogP contribution < -0.4 is 0 Å². The largest absolute Gasteiger partial charge is 0.443 e. The lowest BCUT2D eigenvalue weighted by Crippen LogP contribution is -1.86. The van der Waals surface area contributed by atoms with Crippen LogP contribution in [0.4, 0.5) is 0 Å². The Kier molecular flexibility index (Phi) is 2.02. The lowest BCUT2D eigenvalue weighted by atomic mass is 10.2. The number of nitrogens with zero attached hydrogens (tertiary/aromatic N) is 2. The second-order valence-electron chi connectivity index (χ2n) is 2.63. The van der Waals surface area contributed by atoms with Crippen LogP contribution in [0.15, 0.2) is 29.1 Å². The van der Waals surface area contributed by atoms with Gasteiger partial charge in [-0.3, -0.25) is 0 Å². The third-order valence-electron chi connectivity index (χ3n) is 1.72. The molecule has 0 bridgehead atoms. The highest BCUT2D eigenvalue weighted by Crippen LogP contribution is 2.26. The normalized spacial score (nSPS) is 10.3. The fourth-order valence-electron chi connectivity index (χ4n) is 1.03.